The molecule has 1 atom stereocenters. The molecule has 76 valence electrons. The molecule has 1 aliphatic heterocycles. The fourth-order valence-corrected chi connectivity index (χ4v) is 3.09. The van der Waals surface area contributed by atoms with Gasteiger partial charge >= 0.3 is 0 Å². The monoisotopic (exact) mass is 229 g/mol. The Balaban J connectivity index is 1.86. The van der Waals surface area contributed by atoms with Crippen molar-refractivity contribution in [1.82, 2.24) is 10.2 Å². The highest BCUT2D eigenvalue weighted by Crippen LogP contribution is 2.27. The van der Waals surface area contributed by atoms with E-state index in [1.54, 1.807) is 30.4 Å². The molecule has 0 saturated carbocycles. The first kappa shape index (κ1) is 10.0. The van der Waals surface area contributed by atoms with E-state index in [-0.39, 0.29) is 0 Å². The minimum Gasteiger partial charge on any atom is -0.425 e. The number of aryl methyl sites for hydroxylation is 1. The van der Waals surface area contributed by atoms with Crippen molar-refractivity contribution < 1.29 is 4.42 Å². The molecular formula is C8H11N3OS2. The molecule has 1 aromatic rings. The van der Waals surface area contributed by atoms with Crippen molar-refractivity contribution in [3.8, 4) is 0 Å². The van der Waals surface area contributed by atoms with Crippen LogP contribution in [0.3, 0.4) is 0 Å². The van der Waals surface area contributed by atoms with Gasteiger partial charge in [0, 0.05) is 12.7 Å². The number of aromatic nitrogens is 2. The summed E-state index contributed by atoms with van der Waals surface area (Å²) in [5.74, 6) is 3.11. The summed E-state index contributed by atoms with van der Waals surface area (Å²) < 4.78 is 6.40. The number of nitrogens with zero attached hydrogens (tertiary/aromatic N) is 3. The molecule has 4 nitrogen and oxygen atoms in total. The lowest BCUT2D eigenvalue weighted by Gasteiger charge is -1.94. The molecule has 0 saturated heterocycles. The molecule has 1 aromatic heterocycles. The summed E-state index contributed by atoms with van der Waals surface area (Å²) >= 11 is 3.47. The van der Waals surface area contributed by atoms with Gasteiger partial charge < -0.3 is 4.42 Å². The van der Waals surface area contributed by atoms with E-state index in [9.17, 15) is 0 Å². The van der Waals surface area contributed by atoms with Gasteiger partial charge in [0.25, 0.3) is 0 Å². The van der Waals surface area contributed by atoms with E-state index in [4.69, 9.17) is 4.42 Å². The summed E-state index contributed by atoms with van der Waals surface area (Å²) in [5, 5.41) is 7.69. The van der Waals surface area contributed by atoms with E-state index in [0.717, 1.165) is 15.9 Å². The molecule has 0 N–H and O–H groups in total. The minimum atomic E-state index is 0.451. The first-order valence-electron chi connectivity index (χ1n) is 4.36. The third-order valence-corrected chi connectivity index (χ3v) is 4.11. The number of hydrogen-bond donors (Lipinski definition) is 0. The molecule has 0 spiro atoms. The summed E-state index contributed by atoms with van der Waals surface area (Å²) in [5.41, 5.74) is 0. The van der Waals surface area contributed by atoms with Crippen LogP contribution in [-0.4, -0.2) is 26.4 Å². The molecule has 0 aliphatic carbocycles. The zero-order chi connectivity index (χ0) is 9.97. The molecule has 0 radical (unpaired) electrons. The van der Waals surface area contributed by atoms with E-state index >= 15 is 0 Å². The van der Waals surface area contributed by atoms with Crippen LogP contribution < -0.4 is 0 Å². The van der Waals surface area contributed by atoms with Crippen molar-refractivity contribution in [2.75, 3.05) is 5.75 Å². The average Bonchev–Trinajstić information content (AvgIpc) is 2.72. The number of thioether (sulfide) groups is 2. The lowest BCUT2D eigenvalue weighted by Crippen LogP contribution is -1.92. The van der Waals surface area contributed by atoms with E-state index in [1.165, 1.54) is 0 Å². The van der Waals surface area contributed by atoms with Gasteiger partial charge in [0.1, 0.15) is 4.38 Å². The van der Waals surface area contributed by atoms with Crippen molar-refractivity contribution in [2.45, 2.75) is 25.6 Å². The van der Waals surface area contributed by atoms with Crippen LogP contribution in [0.15, 0.2) is 9.41 Å². The van der Waals surface area contributed by atoms with Crippen LogP contribution in [-0.2, 0) is 5.75 Å². The third kappa shape index (κ3) is 2.51. The van der Waals surface area contributed by atoms with Gasteiger partial charge in [-0.25, -0.2) is 0 Å². The molecule has 0 fully saturated rings. The Morgan fingerprint density at radius 1 is 1.57 bits per heavy atom. The largest absolute Gasteiger partial charge is 0.425 e. The number of rotatable bonds is 2. The standard InChI is InChI=1S/C8H11N3OS2/c1-5-3-13-8(9-5)14-4-7-11-10-6(2)12-7/h5H,3-4H2,1-2H3/t5-/m1/s1. The molecule has 14 heavy (non-hydrogen) atoms. The van der Waals surface area contributed by atoms with Crippen LogP contribution in [0.5, 0.6) is 0 Å². The Labute approximate surface area is 91.0 Å². The van der Waals surface area contributed by atoms with Crippen molar-refractivity contribution in [2.24, 2.45) is 4.99 Å². The lowest BCUT2D eigenvalue weighted by molar-refractivity contribution is 0.486. The molecule has 1 aliphatic rings. The zero-order valence-electron chi connectivity index (χ0n) is 8.06. The van der Waals surface area contributed by atoms with E-state index < -0.39 is 0 Å². The van der Waals surface area contributed by atoms with Gasteiger partial charge in [-0.2, -0.15) is 0 Å². The predicted molar refractivity (Wildman–Crippen MR) is 59.7 cm³/mol. The quantitative estimate of drug-likeness (QED) is 0.777. The number of hydrogen-bond acceptors (Lipinski definition) is 6. The van der Waals surface area contributed by atoms with Crippen LogP contribution in [0.2, 0.25) is 0 Å². The third-order valence-electron chi connectivity index (χ3n) is 1.66. The van der Waals surface area contributed by atoms with Gasteiger partial charge in [0.05, 0.1) is 11.8 Å². The second-order valence-corrected chi connectivity index (χ2v) is 5.29. The van der Waals surface area contributed by atoms with Gasteiger partial charge in [-0.15, -0.1) is 10.2 Å². The lowest BCUT2D eigenvalue weighted by atomic mass is 10.4. The Morgan fingerprint density at radius 2 is 2.43 bits per heavy atom. The van der Waals surface area contributed by atoms with Crippen LogP contribution in [0.25, 0.3) is 0 Å². The SMILES string of the molecule is Cc1nnc(CSC2=N[C@H](C)CS2)o1. The van der Waals surface area contributed by atoms with Crippen molar-refractivity contribution in [3.63, 3.8) is 0 Å². The molecule has 2 heterocycles. The maximum atomic E-state index is 5.26. The summed E-state index contributed by atoms with van der Waals surface area (Å²) in [4.78, 5) is 4.46. The molecule has 2 rings (SSSR count). The topological polar surface area (TPSA) is 51.3 Å². The van der Waals surface area contributed by atoms with E-state index in [2.05, 4.69) is 22.1 Å². The highest BCUT2D eigenvalue weighted by Gasteiger charge is 2.15. The Bertz CT molecular complexity index is 350. The summed E-state index contributed by atoms with van der Waals surface area (Å²) in [6.07, 6.45) is 0. The minimum absolute atomic E-state index is 0.451. The molecule has 0 aromatic carbocycles. The molecular weight excluding hydrogens is 218 g/mol. The molecule has 0 amide bonds. The summed E-state index contributed by atoms with van der Waals surface area (Å²) in [6.45, 7) is 3.92. The zero-order valence-corrected chi connectivity index (χ0v) is 9.69. The van der Waals surface area contributed by atoms with E-state index in [0.29, 0.717) is 17.8 Å². The fraction of sp³-hybridized carbons (Fsp3) is 0.625. The molecule has 6 heteroatoms. The second-order valence-electron chi connectivity index (χ2n) is 3.06. The Hall–Kier alpha value is -0.490. The smallest absolute Gasteiger partial charge is 0.226 e. The van der Waals surface area contributed by atoms with Gasteiger partial charge in [0.2, 0.25) is 11.8 Å². The van der Waals surface area contributed by atoms with Crippen LogP contribution >= 0.6 is 23.5 Å². The Morgan fingerprint density at radius 3 is 3.00 bits per heavy atom. The van der Waals surface area contributed by atoms with Gasteiger partial charge in [-0.05, 0) is 6.92 Å². The average molecular weight is 229 g/mol. The van der Waals surface area contributed by atoms with Gasteiger partial charge in [-0.3, -0.25) is 4.99 Å². The summed E-state index contributed by atoms with van der Waals surface area (Å²) in [6, 6.07) is 0.451. The second kappa shape index (κ2) is 4.35. The highest BCUT2D eigenvalue weighted by atomic mass is 32.2. The maximum Gasteiger partial charge on any atom is 0.226 e. The van der Waals surface area contributed by atoms with Crippen molar-refractivity contribution >= 4 is 27.9 Å². The normalized spacial score (nSPS) is 21.3. The van der Waals surface area contributed by atoms with Crippen LogP contribution in [0, 0.1) is 6.92 Å². The van der Waals surface area contributed by atoms with Gasteiger partial charge in [-0.1, -0.05) is 23.5 Å². The van der Waals surface area contributed by atoms with Crippen molar-refractivity contribution in [1.29, 1.82) is 0 Å². The highest BCUT2D eigenvalue weighted by molar-refractivity contribution is 8.38. The maximum absolute atomic E-state index is 5.26. The van der Waals surface area contributed by atoms with Crippen LogP contribution in [0.4, 0.5) is 0 Å². The van der Waals surface area contributed by atoms with E-state index in [1.807, 2.05) is 0 Å². The van der Waals surface area contributed by atoms with Crippen LogP contribution in [0.1, 0.15) is 18.7 Å². The summed E-state index contributed by atoms with van der Waals surface area (Å²) in [7, 11) is 0. The molecule has 0 bridgehead atoms. The van der Waals surface area contributed by atoms with Gasteiger partial charge in [0.15, 0.2) is 0 Å². The predicted octanol–water partition coefficient (Wildman–Crippen LogP) is 2.10. The number of aliphatic imine (C=N–C) groups is 1. The Kier molecular flexibility index (Phi) is 3.12. The first-order chi connectivity index (χ1) is 6.74. The first-order valence-corrected chi connectivity index (χ1v) is 6.33. The molecule has 0 unspecified atom stereocenters. The fourth-order valence-electron chi connectivity index (χ4n) is 1.04. The van der Waals surface area contributed by atoms with Crippen molar-refractivity contribution in [3.05, 3.63) is 11.8 Å².